The Kier molecular flexibility index (Phi) is 5.52. The van der Waals surface area contributed by atoms with Gasteiger partial charge < -0.3 is 19.3 Å². The number of hydrogen-bond acceptors (Lipinski definition) is 7. The topological polar surface area (TPSA) is 99.1 Å². The van der Waals surface area contributed by atoms with Crippen LogP contribution in [0.4, 0.5) is 0 Å². The average molecular weight is 353 g/mol. The summed E-state index contributed by atoms with van der Waals surface area (Å²) in [7, 11) is 0. The van der Waals surface area contributed by atoms with Crippen LogP contribution in [0.1, 0.15) is 27.2 Å². The van der Waals surface area contributed by atoms with Gasteiger partial charge in [0, 0.05) is 27.2 Å². The van der Waals surface area contributed by atoms with Crippen LogP contribution in [0.25, 0.3) is 0 Å². The van der Waals surface area contributed by atoms with Crippen molar-refractivity contribution in [2.24, 2.45) is 5.92 Å². The van der Waals surface area contributed by atoms with Crippen LogP contribution in [0.5, 0.6) is 0 Å². The monoisotopic (exact) mass is 352 g/mol. The van der Waals surface area contributed by atoms with Gasteiger partial charge in [-0.15, -0.1) is 0 Å². The number of rotatable bonds is 6. The Hall–Kier alpha value is -1.15. The summed E-state index contributed by atoms with van der Waals surface area (Å²) < 4.78 is 13.9. The number of aliphatic hydroxyl groups is 1. The van der Waals surface area contributed by atoms with E-state index >= 15 is 0 Å². The van der Waals surface area contributed by atoms with Crippen LogP contribution in [-0.4, -0.2) is 46.3 Å². The summed E-state index contributed by atoms with van der Waals surface area (Å²) in [6.07, 6.45) is -1.73. The molecule has 1 saturated carbocycles. The van der Waals surface area contributed by atoms with E-state index in [0.29, 0.717) is 6.42 Å². The van der Waals surface area contributed by atoms with E-state index < -0.39 is 40.5 Å². The lowest BCUT2D eigenvalue weighted by atomic mass is 10.1. The van der Waals surface area contributed by atoms with Crippen molar-refractivity contribution >= 4 is 33.8 Å². The Morgan fingerprint density at radius 1 is 1.25 bits per heavy atom. The fourth-order valence-corrected chi connectivity index (χ4v) is 2.71. The number of esters is 3. The summed E-state index contributed by atoms with van der Waals surface area (Å²) in [5.41, 5.74) is 0. The van der Waals surface area contributed by atoms with Crippen molar-refractivity contribution in [2.75, 3.05) is 6.61 Å². The first-order valence-electron chi connectivity index (χ1n) is 6.03. The van der Waals surface area contributed by atoms with Gasteiger partial charge in [-0.3, -0.25) is 14.4 Å². The van der Waals surface area contributed by atoms with Gasteiger partial charge in [0.05, 0.1) is 5.92 Å². The van der Waals surface area contributed by atoms with Crippen molar-refractivity contribution in [1.82, 2.24) is 0 Å². The van der Waals surface area contributed by atoms with Crippen LogP contribution in [0.2, 0.25) is 0 Å². The number of hydrogen-bond donors (Lipinski definition) is 1. The fourth-order valence-electron chi connectivity index (χ4n) is 1.88. The zero-order valence-corrected chi connectivity index (χ0v) is 13.0. The molecule has 0 bridgehead atoms. The lowest BCUT2D eigenvalue weighted by Crippen LogP contribution is -2.38. The molecule has 0 saturated heterocycles. The second kappa shape index (κ2) is 6.53. The van der Waals surface area contributed by atoms with E-state index in [9.17, 15) is 19.5 Å². The number of halogens is 1. The molecule has 1 aliphatic rings. The Balaban J connectivity index is 2.68. The molecule has 0 radical (unpaired) electrons. The SMILES string of the molecule is CC(=O)OCC(O)[C@H](OC(C)=O)C1CC1(Br)OC(C)=O. The number of aliphatic hydroxyl groups excluding tert-OH is 1. The lowest BCUT2D eigenvalue weighted by Gasteiger charge is -2.23. The molecule has 114 valence electrons. The van der Waals surface area contributed by atoms with Gasteiger partial charge in [-0.2, -0.15) is 0 Å². The van der Waals surface area contributed by atoms with E-state index in [1.165, 1.54) is 20.8 Å². The quantitative estimate of drug-likeness (QED) is 0.422. The molecule has 8 heteroatoms. The Labute approximate surface area is 124 Å². The fraction of sp³-hybridized carbons (Fsp3) is 0.750. The van der Waals surface area contributed by atoms with Crippen LogP contribution in [0, 0.1) is 5.92 Å². The summed E-state index contributed by atoms with van der Waals surface area (Å²) in [6.45, 7) is 3.37. The third kappa shape index (κ3) is 4.75. The highest BCUT2D eigenvalue weighted by molar-refractivity contribution is 9.10. The first-order chi connectivity index (χ1) is 9.15. The Morgan fingerprint density at radius 2 is 1.85 bits per heavy atom. The van der Waals surface area contributed by atoms with E-state index in [-0.39, 0.29) is 6.61 Å². The first-order valence-corrected chi connectivity index (χ1v) is 6.82. The van der Waals surface area contributed by atoms with Gasteiger partial charge in [-0.1, -0.05) is 0 Å². The van der Waals surface area contributed by atoms with Crippen molar-refractivity contribution in [2.45, 2.75) is 43.9 Å². The van der Waals surface area contributed by atoms with Crippen LogP contribution in [0.3, 0.4) is 0 Å². The van der Waals surface area contributed by atoms with E-state index in [1.54, 1.807) is 0 Å². The Bertz CT molecular complexity index is 411. The molecule has 20 heavy (non-hydrogen) atoms. The number of carbonyl (C=O) groups is 3. The number of ether oxygens (including phenoxy) is 3. The van der Waals surface area contributed by atoms with Crippen molar-refractivity contribution in [3.63, 3.8) is 0 Å². The molecule has 3 unspecified atom stereocenters. The minimum atomic E-state index is -1.19. The highest BCUT2D eigenvalue weighted by Crippen LogP contribution is 2.55. The molecule has 1 fully saturated rings. The highest BCUT2D eigenvalue weighted by atomic mass is 79.9. The maximum absolute atomic E-state index is 11.1. The maximum atomic E-state index is 11.1. The van der Waals surface area contributed by atoms with Gasteiger partial charge in [-0.05, 0) is 15.9 Å². The van der Waals surface area contributed by atoms with Crippen molar-refractivity contribution in [3.8, 4) is 0 Å². The summed E-state index contributed by atoms with van der Waals surface area (Å²) >= 11 is 3.24. The van der Waals surface area contributed by atoms with E-state index in [4.69, 9.17) is 14.2 Å². The van der Waals surface area contributed by atoms with Gasteiger partial charge in [0.15, 0.2) is 4.51 Å². The predicted molar refractivity (Wildman–Crippen MR) is 69.7 cm³/mol. The van der Waals surface area contributed by atoms with Crippen LogP contribution in [0.15, 0.2) is 0 Å². The molecule has 1 N–H and O–H groups in total. The van der Waals surface area contributed by atoms with Gasteiger partial charge in [0.2, 0.25) is 0 Å². The molecular weight excluding hydrogens is 336 g/mol. The zero-order valence-electron chi connectivity index (χ0n) is 11.4. The normalized spacial score (nSPS) is 27.1. The third-order valence-corrected chi connectivity index (χ3v) is 3.81. The van der Waals surface area contributed by atoms with E-state index in [1.807, 2.05) is 0 Å². The minimum absolute atomic E-state index is 0.299. The summed E-state index contributed by atoms with van der Waals surface area (Å²) in [4.78, 5) is 32.8. The molecule has 0 amide bonds. The maximum Gasteiger partial charge on any atom is 0.304 e. The summed E-state index contributed by atoms with van der Waals surface area (Å²) in [6, 6.07) is 0. The molecule has 1 aliphatic carbocycles. The van der Waals surface area contributed by atoms with Crippen LogP contribution >= 0.6 is 15.9 Å². The van der Waals surface area contributed by atoms with Crippen molar-refractivity contribution in [1.29, 1.82) is 0 Å². The highest BCUT2D eigenvalue weighted by Gasteiger charge is 2.62. The van der Waals surface area contributed by atoms with Gasteiger partial charge in [0.25, 0.3) is 0 Å². The number of carbonyl (C=O) groups excluding carboxylic acids is 3. The molecule has 1 rings (SSSR count). The third-order valence-electron chi connectivity index (χ3n) is 2.74. The van der Waals surface area contributed by atoms with E-state index in [2.05, 4.69) is 15.9 Å². The molecule has 7 nitrogen and oxygen atoms in total. The molecule has 4 atom stereocenters. The van der Waals surface area contributed by atoms with Gasteiger partial charge in [-0.25, -0.2) is 0 Å². The smallest absolute Gasteiger partial charge is 0.304 e. The molecule has 0 spiro atoms. The molecule has 0 aromatic carbocycles. The summed E-state index contributed by atoms with van der Waals surface area (Å²) in [5, 5.41) is 9.97. The number of alkyl halides is 1. The lowest BCUT2D eigenvalue weighted by molar-refractivity contribution is -0.161. The molecule has 0 aliphatic heterocycles. The van der Waals surface area contributed by atoms with Crippen LogP contribution < -0.4 is 0 Å². The van der Waals surface area contributed by atoms with Crippen molar-refractivity contribution in [3.05, 3.63) is 0 Å². The van der Waals surface area contributed by atoms with Crippen molar-refractivity contribution < 1.29 is 33.7 Å². The standard InChI is InChI=1S/C12H17BrO7/c1-6(14)18-5-10(17)11(19-7(2)15)9-4-12(9,13)20-8(3)16/h9-11,17H,4-5H2,1-3H3/t9?,10?,11-,12?/m1/s1. The Morgan fingerprint density at radius 3 is 2.30 bits per heavy atom. The van der Waals surface area contributed by atoms with E-state index in [0.717, 1.165) is 0 Å². The molecule has 0 aromatic rings. The largest absolute Gasteiger partial charge is 0.463 e. The average Bonchev–Trinajstić information content (AvgIpc) is 2.92. The first kappa shape index (κ1) is 16.9. The molecule has 0 heterocycles. The van der Waals surface area contributed by atoms with Gasteiger partial charge >= 0.3 is 17.9 Å². The molecular formula is C12H17BrO7. The predicted octanol–water partition coefficient (Wildman–Crippen LogP) is 0.516. The van der Waals surface area contributed by atoms with Gasteiger partial charge in [0.1, 0.15) is 18.8 Å². The minimum Gasteiger partial charge on any atom is -0.463 e. The second-order valence-corrected chi connectivity index (χ2v) is 5.98. The van der Waals surface area contributed by atoms with Crippen LogP contribution in [-0.2, 0) is 28.6 Å². The zero-order chi connectivity index (χ0) is 15.5. The second-order valence-electron chi connectivity index (χ2n) is 4.63. The summed E-state index contributed by atoms with van der Waals surface area (Å²) in [5.74, 6) is -2.02. The molecule has 0 aromatic heterocycles.